The van der Waals surface area contributed by atoms with Gasteiger partial charge in [0.05, 0.1) is 26.6 Å². The number of nitrogens with one attached hydrogen (secondary N) is 1. The third kappa shape index (κ3) is 2.89. The molecular formula is C12H10ClN3O2S3. The summed E-state index contributed by atoms with van der Waals surface area (Å²) in [5.74, 6) is 0. The van der Waals surface area contributed by atoms with Gasteiger partial charge < -0.3 is 0 Å². The molecule has 0 radical (unpaired) electrons. The largest absolute Gasteiger partial charge is 0.279 e. The molecule has 3 rings (SSSR count). The summed E-state index contributed by atoms with van der Waals surface area (Å²) >= 11 is 8.23. The van der Waals surface area contributed by atoms with Crippen LogP contribution in [0.3, 0.4) is 0 Å². The summed E-state index contributed by atoms with van der Waals surface area (Å²) in [5, 5.41) is 0.940. The average Bonchev–Trinajstić information content (AvgIpc) is 2.90. The number of benzene rings is 1. The van der Waals surface area contributed by atoms with Crippen LogP contribution in [0.25, 0.3) is 10.2 Å². The first-order valence-electron chi connectivity index (χ1n) is 5.88. The summed E-state index contributed by atoms with van der Waals surface area (Å²) in [5.41, 5.74) is 1.75. The first-order chi connectivity index (χ1) is 9.85. The Morgan fingerprint density at radius 3 is 2.62 bits per heavy atom. The maximum absolute atomic E-state index is 12.4. The van der Waals surface area contributed by atoms with E-state index in [0.29, 0.717) is 11.4 Å². The Labute approximate surface area is 134 Å². The SMILES string of the molecule is Cc1nc2ccc(NS(=O)(=O)c3sc(Cl)nc3C)cc2s1. The Hall–Kier alpha value is -1.22. The predicted molar refractivity (Wildman–Crippen MR) is 87.0 cm³/mol. The van der Waals surface area contributed by atoms with Gasteiger partial charge in [0.1, 0.15) is 0 Å². The fraction of sp³-hybridized carbons (Fsp3) is 0.167. The molecule has 2 aromatic heterocycles. The lowest BCUT2D eigenvalue weighted by Gasteiger charge is -2.06. The van der Waals surface area contributed by atoms with E-state index >= 15 is 0 Å². The van der Waals surface area contributed by atoms with Crippen LogP contribution in [-0.2, 0) is 10.0 Å². The lowest BCUT2D eigenvalue weighted by molar-refractivity contribution is 0.602. The van der Waals surface area contributed by atoms with E-state index in [0.717, 1.165) is 26.6 Å². The van der Waals surface area contributed by atoms with E-state index in [4.69, 9.17) is 11.6 Å². The number of thiazole rings is 2. The second kappa shape index (κ2) is 5.20. The van der Waals surface area contributed by atoms with Crippen molar-refractivity contribution in [2.45, 2.75) is 18.1 Å². The number of hydrogen-bond acceptors (Lipinski definition) is 6. The number of anilines is 1. The predicted octanol–water partition coefficient (Wildman–Crippen LogP) is 3.82. The van der Waals surface area contributed by atoms with Crippen molar-refractivity contribution in [3.05, 3.63) is 33.4 Å². The van der Waals surface area contributed by atoms with Gasteiger partial charge in [0.2, 0.25) is 0 Å². The van der Waals surface area contributed by atoms with Crippen LogP contribution in [0.2, 0.25) is 4.47 Å². The minimum Gasteiger partial charge on any atom is -0.279 e. The third-order valence-corrected chi connectivity index (χ3v) is 6.91. The van der Waals surface area contributed by atoms with E-state index in [-0.39, 0.29) is 8.68 Å². The molecule has 3 aromatic rings. The Balaban J connectivity index is 1.98. The van der Waals surface area contributed by atoms with Gasteiger partial charge in [-0.15, -0.1) is 11.3 Å². The van der Waals surface area contributed by atoms with E-state index in [2.05, 4.69) is 14.7 Å². The normalized spacial score (nSPS) is 12.0. The second-order valence-corrected chi connectivity index (χ2v) is 9.05. The zero-order valence-electron chi connectivity index (χ0n) is 11.0. The van der Waals surface area contributed by atoms with Crippen molar-refractivity contribution in [3.63, 3.8) is 0 Å². The molecule has 0 saturated heterocycles. The van der Waals surface area contributed by atoms with E-state index in [1.165, 1.54) is 11.3 Å². The topological polar surface area (TPSA) is 72.0 Å². The molecular weight excluding hydrogens is 350 g/mol. The molecule has 0 fully saturated rings. The summed E-state index contributed by atoms with van der Waals surface area (Å²) in [6.07, 6.45) is 0. The monoisotopic (exact) mass is 359 g/mol. The van der Waals surface area contributed by atoms with Crippen LogP contribution in [0.4, 0.5) is 5.69 Å². The van der Waals surface area contributed by atoms with Crippen LogP contribution in [0, 0.1) is 13.8 Å². The summed E-state index contributed by atoms with van der Waals surface area (Å²) in [7, 11) is -3.68. The van der Waals surface area contributed by atoms with Crippen LogP contribution < -0.4 is 4.72 Å². The lowest BCUT2D eigenvalue weighted by atomic mass is 10.3. The molecule has 0 saturated carbocycles. The smallest absolute Gasteiger partial charge is 0.273 e. The number of rotatable bonds is 3. The molecule has 0 unspecified atom stereocenters. The van der Waals surface area contributed by atoms with E-state index in [9.17, 15) is 8.42 Å². The maximum atomic E-state index is 12.4. The fourth-order valence-corrected chi connectivity index (χ4v) is 5.56. The number of halogens is 1. The third-order valence-electron chi connectivity index (χ3n) is 2.72. The number of sulfonamides is 1. The molecule has 0 spiro atoms. The Morgan fingerprint density at radius 1 is 1.19 bits per heavy atom. The Morgan fingerprint density at radius 2 is 1.95 bits per heavy atom. The highest BCUT2D eigenvalue weighted by molar-refractivity contribution is 7.94. The van der Waals surface area contributed by atoms with Crippen molar-refractivity contribution in [1.29, 1.82) is 0 Å². The molecule has 0 bridgehead atoms. The van der Waals surface area contributed by atoms with Crippen LogP contribution in [0.1, 0.15) is 10.7 Å². The van der Waals surface area contributed by atoms with Gasteiger partial charge in [0, 0.05) is 0 Å². The van der Waals surface area contributed by atoms with Gasteiger partial charge in [-0.05, 0) is 32.0 Å². The number of fused-ring (bicyclic) bond motifs is 1. The number of hydrogen-bond donors (Lipinski definition) is 1. The van der Waals surface area contributed by atoms with E-state index in [1.54, 1.807) is 25.1 Å². The van der Waals surface area contributed by atoms with Crippen molar-refractivity contribution in [2.24, 2.45) is 0 Å². The van der Waals surface area contributed by atoms with Crippen LogP contribution in [0.5, 0.6) is 0 Å². The highest BCUT2D eigenvalue weighted by atomic mass is 35.5. The Kier molecular flexibility index (Phi) is 3.64. The maximum Gasteiger partial charge on any atom is 0.273 e. The van der Waals surface area contributed by atoms with Crippen LogP contribution >= 0.6 is 34.3 Å². The van der Waals surface area contributed by atoms with Gasteiger partial charge in [0.15, 0.2) is 8.68 Å². The molecule has 110 valence electrons. The molecule has 5 nitrogen and oxygen atoms in total. The fourth-order valence-electron chi connectivity index (χ4n) is 1.90. The van der Waals surface area contributed by atoms with E-state index in [1.807, 2.05) is 6.92 Å². The molecule has 0 aliphatic rings. The summed E-state index contributed by atoms with van der Waals surface area (Å²) in [6, 6.07) is 5.26. The van der Waals surface area contributed by atoms with Gasteiger partial charge in [-0.25, -0.2) is 18.4 Å². The molecule has 1 N–H and O–H groups in total. The number of aromatic nitrogens is 2. The van der Waals surface area contributed by atoms with Gasteiger partial charge in [0.25, 0.3) is 10.0 Å². The van der Waals surface area contributed by atoms with Crippen LogP contribution in [-0.4, -0.2) is 18.4 Å². The summed E-state index contributed by atoms with van der Waals surface area (Å²) in [4.78, 5) is 8.27. The summed E-state index contributed by atoms with van der Waals surface area (Å²) < 4.78 is 28.6. The minimum absolute atomic E-state index is 0.132. The summed E-state index contributed by atoms with van der Waals surface area (Å²) in [6.45, 7) is 3.53. The molecule has 9 heteroatoms. The van der Waals surface area contributed by atoms with E-state index < -0.39 is 10.0 Å². The highest BCUT2D eigenvalue weighted by Gasteiger charge is 2.21. The second-order valence-electron chi connectivity index (χ2n) is 4.36. The van der Waals surface area contributed by atoms with Gasteiger partial charge >= 0.3 is 0 Å². The molecule has 0 aliphatic heterocycles. The quantitative estimate of drug-likeness (QED) is 0.771. The number of nitrogens with zero attached hydrogens (tertiary/aromatic N) is 2. The molecule has 21 heavy (non-hydrogen) atoms. The first-order valence-corrected chi connectivity index (χ1v) is 9.37. The average molecular weight is 360 g/mol. The van der Waals surface area contributed by atoms with Gasteiger partial charge in [-0.3, -0.25) is 4.72 Å². The van der Waals surface area contributed by atoms with Gasteiger partial charge in [-0.2, -0.15) is 0 Å². The highest BCUT2D eigenvalue weighted by Crippen LogP contribution is 2.30. The van der Waals surface area contributed by atoms with Crippen molar-refractivity contribution in [3.8, 4) is 0 Å². The Bertz CT molecular complexity index is 931. The molecule has 2 heterocycles. The van der Waals surface area contributed by atoms with Crippen molar-refractivity contribution < 1.29 is 8.42 Å². The van der Waals surface area contributed by atoms with Gasteiger partial charge in [-0.1, -0.05) is 22.9 Å². The zero-order valence-corrected chi connectivity index (χ0v) is 14.3. The zero-order chi connectivity index (χ0) is 15.2. The number of aryl methyl sites for hydroxylation is 2. The first kappa shape index (κ1) is 14.7. The molecule has 0 atom stereocenters. The lowest BCUT2D eigenvalue weighted by Crippen LogP contribution is -2.12. The van der Waals surface area contributed by atoms with Crippen molar-refractivity contribution in [2.75, 3.05) is 4.72 Å². The molecule has 1 aromatic carbocycles. The van der Waals surface area contributed by atoms with Crippen molar-refractivity contribution >= 4 is 60.2 Å². The molecule has 0 amide bonds. The minimum atomic E-state index is -3.68. The standard InChI is InChI=1S/C12H10ClN3O2S3/c1-6-11(20-12(13)14-6)21(17,18)16-8-3-4-9-10(5-8)19-7(2)15-9/h3-5,16H,1-2H3. The molecule has 0 aliphatic carbocycles. The van der Waals surface area contributed by atoms with Crippen molar-refractivity contribution in [1.82, 2.24) is 9.97 Å². The van der Waals surface area contributed by atoms with Crippen LogP contribution in [0.15, 0.2) is 22.4 Å².